The number of phenolic OH excluding ortho intramolecular Hbond substituents is 1. The minimum atomic E-state index is -1.09. The van der Waals surface area contributed by atoms with E-state index in [1.807, 2.05) is 0 Å². The number of phenols is 1. The molecule has 0 fully saturated rings. The maximum absolute atomic E-state index is 13.2. The van der Waals surface area contributed by atoms with Crippen LogP contribution < -0.4 is 0 Å². The van der Waals surface area contributed by atoms with E-state index in [4.69, 9.17) is 10.2 Å². The second kappa shape index (κ2) is 2.95. The minimum absolute atomic E-state index is 0.0597. The molecule has 2 rings (SSSR count). The van der Waals surface area contributed by atoms with Crippen LogP contribution >= 0.6 is 11.3 Å². The number of hydrogen-bond donors (Lipinski definition) is 2. The van der Waals surface area contributed by atoms with Gasteiger partial charge in [0.15, 0.2) is 0 Å². The molecule has 2 aromatic rings. The Morgan fingerprint density at radius 1 is 1.36 bits per heavy atom. The highest BCUT2D eigenvalue weighted by Crippen LogP contribution is 2.31. The number of aromatic hydroxyl groups is 1. The summed E-state index contributed by atoms with van der Waals surface area (Å²) in [4.78, 5) is 10.7. The molecule has 0 atom stereocenters. The third-order valence-corrected chi connectivity index (χ3v) is 2.85. The van der Waals surface area contributed by atoms with E-state index in [0.29, 0.717) is 4.70 Å². The summed E-state index contributed by atoms with van der Waals surface area (Å²) in [6.45, 7) is 0. The van der Waals surface area contributed by atoms with Crippen molar-refractivity contribution in [2.24, 2.45) is 0 Å². The van der Waals surface area contributed by atoms with Crippen LogP contribution in [-0.2, 0) is 0 Å². The first kappa shape index (κ1) is 8.96. The third-order valence-electron chi connectivity index (χ3n) is 1.78. The van der Waals surface area contributed by atoms with Crippen LogP contribution in [0.5, 0.6) is 5.75 Å². The second-order valence-electron chi connectivity index (χ2n) is 2.76. The highest BCUT2D eigenvalue weighted by atomic mass is 32.1. The van der Waals surface area contributed by atoms with Gasteiger partial charge in [-0.3, -0.25) is 0 Å². The summed E-state index contributed by atoms with van der Waals surface area (Å²) < 4.78 is 13.6. The Hall–Kier alpha value is -1.62. The highest BCUT2D eigenvalue weighted by molar-refractivity contribution is 7.20. The lowest BCUT2D eigenvalue weighted by Crippen LogP contribution is -1.89. The molecule has 0 amide bonds. The Morgan fingerprint density at radius 2 is 2.07 bits per heavy atom. The molecule has 0 aliphatic carbocycles. The molecule has 1 aromatic heterocycles. The van der Waals surface area contributed by atoms with E-state index in [1.54, 1.807) is 0 Å². The molecule has 3 nitrogen and oxygen atoms in total. The Morgan fingerprint density at radius 3 is 2.71 bits per heavy atom. The molecule has 0 spiro atoms. The lowest BCUT2D eigenvalue weighted by molar-refractivity contribution is 0.0702. The summed E-state index contributed by atoms with van der Waals surface area (Å²) in [6, 6.07) is 3.56. The van der Waals surface area contributed by atoms with Gasteiger partial charge in [0.1, 0.15) is 16.4 Å². The van der Waals surface area contributed by atoms with Crippen LogP contribution in [-0.4, -0.2) is 16.2 Å². The molecule has 0 unspecified atom stereocenters. The number of fused-ring (bicyclic) bond motifs is 1. The first-order chi connectivity index (χ1) is 6.58. The molecule has 0 bridgehead atoms. The van der Waals surface area contributed by atoms with Gasteiger partial charge in [-0.15, -0.1) is 11.3 Å². The lowest BCUT2D eigenvalue weighted by atomic mass is 10.2. The highest BCUT2D eigenvalue weighted by Gasteiger charge is 2.12. The molecule has 0 radical (unpaired) electrons. The third kappa shape index (κ3) is 1.31. The predicted molar refractivity (Wildman–Crippen MR) is 50.4 cm³/mol. The fourth-order valence-electron chi connectivity index (χ4n) is 1.19. The maximum atomic E-state index is 13.2. The van der Waals surface area contributed by atoms with Crippen LogP contribution in [0.25, 0.3) is 10.1 Å². The quantitative estimate of drug-likeness (QED) is 0.763. The van der Waals surface area contributed by atoms with Gasteiger partial charge in [0.05, 0.1) is 0 Å². The molecule has 2 N–H and O–H groups in total. The number of benzene rings is 1. The standard InChI is InChI=1S/C9H5FO3S/c10-6-1-4(11)2-7-5(6)3-8(14-7)9(12)13/h1-3,11H,(H,12,13). The van der Waals surface area contributed by atoms with Crippen LogP contribution in [0.2, 0.25) is 0 Å². The van der Waals surface area contributed by atoms with Gasteiger partial charge in [-0.05, 0) is 12.1 Å². The number of halogens is 1. The van der Waals surface area contributed by atoms with E-state index >= 15 is 0 Å². The largest absolute Gasteiger partial charge is 0.508 e. The van der Waals surface area contributed by atoms with Crippen molar-refractivity contribution >= 4 is 27.4 Å². The van der Waals surface area contributed by atoms with E-state index < -0.39 is 11.8 Å². The van der Waals surface area contributed by atoms with Crippen molar-refractivity contribution in [3.05, 3.63) is 28.9 Å². The average molecular weight is 212 g/mol. The molecule has 0 saturated heterocycles. The van der Waals surface area contributed by atoms with Gasteiger partial charge in [0.25, 0.3) is 0 Å². The summed E-state index contributed by atoms with van der Waals surface area (Å²) >= 11 is 0.934. The molecule has 0 aliphatic heterocycles. The van der Waals surface area contributed by atoms with Crippen LogP contribution in [0.1, 0.15) is 9.67 Å². The summed E-state index contributed by atoms with van der Waals surface area (Å²) in [7, 11) is 0. The molecule has 5 heteroatoms. The normalized spacial score (nSPS) is 10.6. The van der Waals surface area contributed by atoms with Crippen molar-refractivity contribution in [2.45, 2.75) is 0 Å². The Bertz CT molecular complexity index is 518. The monoisotopic (exact) mass is 212 g/mol. The zero-order chi connectivity index (χ0) is 10.3. The van der Waals surface area contributed by atoms with Gasteiger partial charge >= 0.3 is 5.97 Å². The number of aromatic carboxylic acids is 1. The number of carbonyl (C=O) groups is 1. The van der Waals surface area contributed by atoms with E-state index in [2.05, 4.69) is 0 Å². The van der Waals surface area contributed by atoms with Crippen LogP contribution in [0.3, 0.4) is 0 Å². The first-order valence-corrected chi connectivity index (χ1v) is 4.55. The van der Waals surface area contributed by atoms with Crippen molar-refractivity contribution in [2.75, 3.05) is 0 Å². The predicted octanol–water partition coefficient (Wildman–Crippen LogP) is 2.44. The zero-order valence-corrected chi connectivity index (χ0v) is 7.64. The van der Waals surface area contributed by atoms with Crippen LogP contribution in [0.15, 0.2) is 18.2 Å². The first-order valence-electron chi connectivity index (χ1n) is 3.73. The second-order valence-corrected chi connectivity index (χ2v) is 3.84. The Kier molecular flexibility index (Phi) is 1.89. The Balaban J connectivity index is 2.76. The van der Waals surface area contributed by atoms with Crippen molar-refractivity contribution in [1.29, 1.82) is 0 Å². The number of hydrogen-bond acceptors (Lipinski definition) is 3. The molecular formula is C9H5FO3S. The smallest absolute Gasteiger partial charge is 0.345 e. The fourth-order valence-corrected chi connectivity index (χ4v) is 2.14. The summed E-state index contributed by atoms with van der Waals surface area (Å²) in [6.07, 6.45) is 0. The van der Waals surface area contributed by atoms with Gasteiger partial charge in [-0.25, -0.2) is 9.18 Å². The van der Waals surface area contributed by atoms with Gasteiger partial charge in [0, 0.05) is 16.2 Å². The molecular weight excluding hydrogens is 207 g/mol. The van der Waals surface area contributed by atoms with E-state index in [9.17, 15) is 9.18 Å². The SMILES string of the molecule is O=C(O)c1cc2c(F)cc(O)cc2s1. The molecule has 0 aliphatic rings. The number of carboxylic acid groups (broad SMARTS) is 1. The Labute approximate surface area is 82.0 Å². The topological polar surface area (TPSA) is 57.5 Å². The molecule has 1 heterocycles. The van der Waals surface area contributed by atoms with Crippen molar-refractivity contribution < 1.29 is 19.4 Å². The number of thiophene rings is 1. The van der Waals surface area contributed by atoms with Crippen molar-refractivity contribution in [3.8, 4) is 5.75 Å². The molecule has 0 saturated carbocycles. The van der Waals surface area contributed by atoms with Gasteiger partial charge < -0.3 is 10.2 Å². The fraction of sp³-hybridized carbons (Fsp3) is 0. The van der Waals surface area contributed by atoms with Gasteiger partial charge in [-0.1, -0.05) is 0 Å². The van der Waals surface area contributed by atoms with E-state index in [1.165, 1.54) is 12.1 Å². The summed E-state index contributed by atoms with van der Waals surface area (Å²) in [5, 5.41) is 18.0. The lowest BCUT2D eigenvalue weighted by Gasteiger charge is -1.93. The average Bonchev–Trinajstić information content (AvgIpc) is 2.47. The van der Waals surface area contributed by atoms with Gasteiger partial charge in [-0.2, -0.15) is 0 Å². The van der Waals surface area contributed by atoms with Crippen LogP contribution in [0, 0.1) is 5.82 Å². The summed E-state index contributed by atoms with van der Waals surface area (Å²) in [5.41, 5.74) is 0. The van der Waals surface area contributed by atoms with Crippen molar-refractivity contribution in [3.63, 3.8) is 0 Å². The minimum Gasteiger partial charge on any atom is -0.508 e. The zero-order valence-electron chi connectivity index (χ0n) is 6.82. The van der Waals surface area contributed by atoms with Crippen LogP contribution in [0.4, 0.5) is 4.39 Å². The molecule has 14 heavy (non-hydrogen) atoms. The number of rotatable bonds is 1. The molecule has 72 valence electrons. The number of carboxylic acids is 1. The van der Waals surface area contributed by atoms with E-state index in [-0.39, 0.29) is 16.0 Å². The van der Waals surface area contributed by atoms with Crippen molar-refractivity contribution in [1.82, 2.24) is 0 Å². The molecule has 1 aromatic carbocycles. The summed E-state index contributed by atoms with van der Waals surface area (Å²) in [5.74, 6) is -1.90. The maximum Gasteiger partial charge on any atom is 0.345 e. The van der Waals surface area contributed by atoms with E-state index in [0.717, 1.165) is 17.4 Å². The van der Waals surface area contributed by atoms with Gasteiger partial charge in [0.2, 0.25) is 0 Å².